The molecule has 1 spiro atoms. The van der Waals surface area contributed by atoms with Crippen molar-refractivity contribution in [3.8, 4) is 0 Å². The van der Waals surface area contributed by atoms with Crippen molar-refractivity contribution in [2.45, 2.75) is 57.5 Å². The summed E-state index contributed by atoms with van der Waals surface area (Å²) < 4.78 is 5.76. The van der Waals surface area contributed by atoms with E-state index in [-0.39, 0.29) is 0 Å². The third-order valence-corrected chi connectivity index (χ3v) is 3.52. The molecule has 2 rings (SSSR count). The van der Waals surface area contributed by atoms with Crippen molar-refractivity contribution in [2.75, 3.05) is 13.2 Å². The molecule has 1 heterocycles. The largest absolute Gasteiger partial charge is 0.378 e. The topological polar surface area (TPSA) is 21.3 Å². The molecule has 0 radical (unpaired) electrons. The minimum absolute atomic E-state index is 0.359. The molecule has 1 saturated heterocycles. The van der Waals surface area contributed by atoms with Crippen molar-refractivity contribution in [2.24, 2.45) is 5.92 Å². The van der Waals surface area contributed by atoms with Gasteiger partial charge in [-0.05, 0) is 25.2 Å². The van der Waals surface area contributed by atoms with E-state index in [0.29, 0.717) is 11.6 Å². The van der Waals surface area contributed by atoms with Crippen LogP contribution in [0, 0.1) is 5.92 Å². The molecule has 0 amide bonds. The molecule has 82 valence electrons. The van der Waals surface area contributed by atoms with Gasteiger partial charge in [0, 0.05) is 11.6 Å². The molecule has 0 aromatic rings. The predicted molar refractivity (Wildman–Crippen MR) is 58.4 cm³/mol. The van der Waals surface area contributed by atoms with Crippen LogP contribution in [-0.4, -0.2) is 24.8 Å². The van der Waals surface area contributed by atoms with Crippen molar-refractivity contribution in [3.05, 3.63) is 0 Å². The van der Waals surface area contributed by atoms with E-state index < -0.39 is 0 Å². The highest BCUT2D eigenvalue weighted by molar-refractivity contribution is 4.97. The van der Waals surface area contributed by atoms with E-state index in [0.717, 1.165) is 19.1 Å². The lowest BCUT2D eigenvalue weighted by Gasteiger charge is -2.40. The van der Waals surface area contributed by atoms with Crippen LogP contribution >= 0.6 is 0 Å². The maximum atomic E-state index is 5.76. The Bertz CT molecular complexity index is 185. The summed E-state index contributed by atoms with van der Waals surface area (Å²) in [5, 5.41) is 3.84. The lowest BCUT2D eigenvalue weighted by atomic mass is 9.93. The van der Waals surface area contributed by atoms with E-state index in [4.69, 9.17) is 4.74 Å². The average molecular weight is 197 g/mol. The van der Waals surface area contributed by atoms with Crippen LogP contribution in [0.5, 0.6) is 0 Å². The summed E-state index contributed by atoms with van der Waals surface area (Å²) >= 11 is 0. The predicted octanol–water partition coefficient (Wildman–Crippen LogP) is 2.33. The highest BCUT2D eigenvalue weighted by Gasteiger charge is 2.38. The Morgan fingerprint density at radius 1 is 1.36 bits per heavy atom. The molecule has 1 saturated carbocycles. The van der Waals surface area contributed by atoms with Crippen molar-refractivity contribution in [3.63, 3.8) is 0 Å². The van der Waals surface area contributed by atoms with Gasteiger partial charge in [0.2, 0.25) is 0 Å². The lowest BCUT2D eigenvalue weighted by molar-refractivity contribution is -0.00391. The van der Waals surface area contributed by atoms with Gasteiger partial charge >= 0.3 is 0 Å². The van der Waals surface area contributed by atoms with E-state index in [9.17, 15) is 0 Å². The number of morpholine rings is 1. The van der Waals surface area contributed by atoms with Gasteiger partial charge in [0.05, 0.1) is 13.2 Å². The Morgan fingerprint density at radius 3 is 2.71 bits per heavy atom. The fourth-order valence-electron chi connectivity index (χ4n) is 2.95. The first-order chi connectivity index (χ1) is 6.70. The maximum absolute atomic E-state index is 5.76. The number of nitrogens with one attached hydrogen (secondary N) is 1. The normalized spacial score (nSPS) is 31.5. The molecule has 0 aromatic carbocycles. The van der Waals surface area contributed by atoms with Gasteiger partial charge < -0.3 is 10.1 Å². The summed E-state index contributed by atoms with van der Waals surface area (Å²) in [6.45, 7) is 6.44. The SMILES string of the molecule is CC(C)CC1COCC2(CCCC2)N1. The van der Waals surface area contributed by atoms with Gasteiger partial charge in [-0.15, -0.1) is 0 Å². The summed E-state index contributed by atoms with van der Waals surface area (Å²) in [4.78, 5) is 0. The Morgan fingerprint density at radius 2 is 2.07 bits per heavy atom. The summed E-state index contributed by atoms with van der Waals surface area (Å²) in [6.07, 6.45) is 6.65. The van der Waals surface area contributed by atoms with Gasteiger partial charge in [-0.2, -0.15) is 0 Å². The number of rotatable bonds is 2. The Labute approximate surface area is 87.4 Å². The number of hydrogen-bond acceptors (Lipinski definition) is 2. The van der Waals surface area contributed by atoms with Gasteiger partial charge in [0.1, 0.15) is 0 Å². The van der Waals surface area contributed by atoms with Gasteiger partial charge in [0.15, 0.2) is 0 Å². The fourth-order valence-corrected chi connectivity index (χ4v) is 2.95. The van der Waals surface area contributed by atoms with Crippen LogP contribution < -0.4 is 5.32 Å². The van der Waals surface area contributed by atoms with E-state index in [1.807, 2.05) is 0 Å². The van der Waals surface area contributed by atoms with E-state index in [1.165, 1.54) is 32.1 Å². The van der Waals surface area contributed by atoms with Gasteiger partial charge in [-0.25, -0.2) is 0 Å². The smallest absolute Gasteiger partial charge is 0.0649 e. The first-order valence-electron chi connectivity index (χ1n) is 6.06. The van der Waals surface area contributed by atoms with E-state index in [1.54, 1.807) is 0 Å². The molecule has 1 aliphatic carbocycles. The molecule has 1 atom stereocenters. The summed E-state index contributed by atoms with van der Waals surface area (Å²) in [7, 11) is 0. The van der Waals surface area contributed by atoms with Crippen LogP contribution in [0.15, 0.2) is 0 Å². The standard InChI is InChI=1S/C12H23NO/c1-10(2)7-11-8-14-9-12(13-11)5-3-4-6-12/h10-11,13H,3-9H2,1-2H3. The zero-order valence-electron chi connectivity index (χ0n) is 9.51. The lowest BCUT2D eigenvalue weighted by Crippen LogP contribution is -2.57. The van der Waals surface area contributed by atoms with Gasteiger partial charge in [0.25, 0.3) is 0 Å². The summed E-state index contributed by atoms with van der Waals surface area (Å²) in [5.41, 5.74) is 0.359. The third-order valence-electron chi connectivity index (χ3n) is 3.52. The second-order valence-electron chi connectivity index (χ2n) is 5.47. The van der Waals surface area contributed by atoms with Crippen LogP contribution in [0.1, 0.15) is 46.0 Å². The molecular formula is C12H23NO. The quantitative estimate of drug-likeness (QED) is 0.733. The minimum Gasteiger partial charge on any atom is -0.378 e. The molecule has 2 aliphatic rings. The van der Waals surface area contributed by atoms with Crippen molar-refractivity contribution in [1.82, 2.24) is 5.32 Å². The fraction of sp³-hybridized carbons (Fsp3) is 1.00. The Hall–Kier alpha value is -0.0800. The van der Waals surface area contributed by atoms with Crippen LogP contribution in [0.3, 0.4) is 0 Å². The highest BCUT2D eigenvalue weighted by Crippen LogP contribution is 2.32. The highest BCUT2D eigenvalue weighted by atomic mass is 16.5. The molecule has 1 unspecified atom stereocenters. The zero-order chi connectivity index (χ0) is 10.0. The average Bonchev–Trinajstić information content (AvgIpc) is 2.52. The third kappa shape index (κ3) is 2.29. The summed E-state index contributed by atoms with van der Waals surface area (Å²) in [6, 6.07) is 0.599. The van der Waals surface area contributed by atoms with Crippen LogP contribution in [0.2, 0.25) is 0 Å². The minimum atomic E-state index is 0.359. The van der Waals surface area contributed by atoms with Crippen molar-refractivity contribution in [1.29, 1.82) is 0 Å². The maximum Gasteiger partial charge on any atom is 0.0649 e. The second kappa shape index (κ2) is 4.19. The molecule has 2 heteroatoms. The molecule has 2 nitrogen and oxygen atoms in total. The van der Waals surface area contributed by atoms with Crippen LogP contribution in [-0.2, 0) is 4.74 Å². The van der Waals surface area contributed by atoms with E-state index >= 15 is 0 Å². The molecule has 14 heavy (non-hydrogen) atoms. The molecule has 0 bridgehead atoms. The first kappa shape index (κ1) is 10.4. The van der Waals surface area contributed by atoms with Crippen molar-refractivity contribution < 1.29 is 4.74 Å². The molecule has 0 aromatic heterocycles. The second-order valence-corrected chi connectivity index (χ2v) is 5.47. The Balaban J connectivity index is 1.90. The monoisotopic (exact) mass is 197 g/mol. The molecule has 1 N–H and O–H groups in total. The van der Waals surface area contributed by atoms with Crippen LogP contribution in [0.25, 0.3) is 0 Å². The summed E-state index contributed by atoms with van der Waals surface area (Å²) in [5.74, 6) is 0.771. The molecular weight excluding hydrogens is 174 g/mol. The molecule has 1 aliphatic heterocycles. The van der Waals surface area contributed by atoms with Crippen LogP contribution in [0.4, 0.5) is 0 Å². The number of ether oxygens (including phenoxy) is 1. The zero-order valence-corrected chi connectivity index (χ0v) is 9.51. The first-order valence-corrected chi connectivity index (χ1v) is 6.06. The van der Waals surface area contributed by atoms with E-state index in [2.05, 4.69) is 19.2 Å². The number of hydrogen-bond donors (Lipinski definition) is 1. The molecule has 2 fully saturated rings. The van der Waals surface area contributed by atoms with Gasteiger partial charge in [-0.3, -0.25) is 0 Å². The Kier molecular flexibility index (Phi) is 3.13. The van der Waals surface area contributed by atoms with Crippen molar-refractivity contribution >= 4 is 0 Å². The van der Waals surface area contributed by atoms with Gasteiger partial charge in [-0.1, -0.05) is 26.7 Å².